The standard InChI is InChI=1S/3C6H7N.3C5H6N2.12C2H6.CH4/c1-6-2-4-7-5-3-6;1-6-3-2-4-7-5-6;1-6-4-2-3-5-7-6;1-5-2-6-4-7-3-5;1-5-2-3-6-4-7-5;1-5-6-3-2-4-7-5;12*1-2;/h3*2-5H,1H3;3*2-4H,1H3;12*1-2H3;1H4. The third kappa shape index (κ3) is 115. The highest BCUT2D eigenvalue weighted by molar-refractivity contribution is 5.06. The van der Waals surface area contributed by atoms with Crippen molar-refractivity contribution in [3.8, 4) is 0 Å². The Morgan fingerprint density at radius 3 is 0.821 bits per heavy atom. The number of rotatable bonds is 0. The van der Waals surface area contributed by atoms with E-state index in [0.717, 1.165) is 22.8 Å². The summed E-state index contributed by atoms with van der Waals surface area (Å²) in [6.45, 7) is 59.8. The van der Waals surface area contributed by atoms with Crippen LogP contribution in [0.25, 0.3) is 0 Å². The molecule has 0 atom stereocenters. The predicted molar refractivity (Wildman–Crippen MR) is 310 cm³/mol. The molecule has 0 N–H and O–H groups in total. The van der Waals surface area contributed by atoms with Crippen LogP contribution in [0.15, 0.2) is 129 Å². The van der Waals surface area contributed by atoms with Crippen molar-refractivity contribution in [1.29, 1.82) is 0 Å². The lowest BCUT2D eigenvalue weighted by molar-refractivity contribution is 1.05. The fourth-order valence-electron chi connectivity index (χ4n) is 2.43. The molecule has 0 unspecified atom stereocenters. The lowest BCUT2D eigenvalue weighted by atomic mass is 10.3. The van der Waals surface area contributed by atoms with Gasteiger partial charge in [-0.3, -0.25) is 15.0 Å². The minimum absolute atomic E-state index is 0. The van der Waals surface area contributed by atoms with Gasteiger partial charge in [0.05, 0.1) is 0 Å². The van der Waals surface area contributed by atoms with Crippen molar-refractivity contribution >= 4 is 0 Å². The second-order valence-corrected chi connectivity index (χ2v) is 8.59. The van der Waals surface area contributed by atoms with Gasteiger partial charge >= 0.3 is 0 Å². The van der Waals surface area contributed by atoms with Crippen molar-refractivity contribution in [2.24, 2.45) is 0 Å². The Morgan fingerprint density at radius 2 is 0.642 bits per heavy atom. The van der Waals surface area contributed by atoms with Crippen molar-refractivity contribution in [1.82, 2.24) is 44.9 Å². The van der Waals surface area contributed by atoms with Gasteiger partial charge in [0.15, 0.2) is 0 Å². The zero-order valence-electron chi connectivity index (χ0n) is 49.1. The zero-order chi connectivity index (χ0) is 54.7. The summed E-state index contributed by atoms with van der Waals surface area (Å²) in [7, 11) is 0. The van der Waals surface area contributed by atoms with Crippen molar-refractivity contribution in [2.45, 2.75) is 215 Å². The lowest BCUT2D eigenvalue weighted by Crippen LogP contribution is -1.80. The summed E-state index contributed by atoms with van der Waals surface area (Å²) in [5, 5.41) is 0. The number of aromatic nitrogens is 9. The smallest absolute Gasteiger partial charge is 0.125 e. The average molecular weight is 939 g/mol. The molecular formula is C58H115N9. The quantitative estimate of drug-likeness (QED) is 0.147. The molecule has 0 aliphatic carbocycles. The van der Waals surface area contributed by atoms with Crippen LogP contribution in [0.3, 0.4) is 0 Å². The van der Waals surface area contributed by atoms with E-state index in [1.54, 1.807) is 61.8 Å². The first-order valence-electron chi connectivity index (χ1n) is 25.2. The van der Waals surface area contributed by atoms with Gasteiger partial charge in [0.1, 0.15) is 18.5 Å². The predicted octanol–water partition coefficient (Wildman–Crippen LogP) is 19.5. The van der Waals surface area contributed by atoms with Gasteiger partial charge in [-0.1, -0.05) is 186 Å². The minimum Gasteiger partial charge on any atom is -0.265 e. The SMILES string of the molecule is C.CC.CC.CC.CC.CC.CC.CC.CC.CC.CC.CC.CC.Cc1ccccn1.Cc1cccnc1.Cc1ccncc1.Cc1ccncn1.Cc1cncnc1.Cc1ncccn1. The van der Waals surface area contributed by atoms with Crippen LogP contribution in [-0.4, -0.2) is 44.9 Å². The fourth-order valence-corrected chi connectivity index (χ4v) is 2.43. The highest BCUT2D eigenvalue weighted by Gasteiger charge is 1.77. The molecule has 0 aromatic carbocycles. The summed E-state index contributed by atoms with van der Waals surface area (Å²) >= 11 is 0. The Balaban J connectivity index is -0.0000000434. The van der Waals surface area contributed by atoms with Gasteiger partial charge in [0.25, 0.3) is 0 Å². The molecule has 0 radical (unpaired) electrons. The molecule has 0 aliphatic heterocycles. The van der Waals surface area contributed by atoms with E-state index in [4.69, 9.17) is 0 Å². The average Bonchev–Trinajstić information content (AvgIpc) is 3.43. The van der Waals surface area contributed by atoms with Gasteiger partial charge < -0.3 is 0 Å². The maximum atomic E-state index is 3.98. The topological polar surface area (TPSA) is 116 Å². The molecule has 0 fully saturated rings. The Morgan fingerprint density at radius 1 is 0.254 bits per heavy atom. The molecule has 0 saturated heterocycles. The molecule has 9 nitrogen and oxygen atoms in total. The molecule has 6 rings (SSSR count). The van der Waals surface area contributed by atoms with Crippen LogP contribution in [0.5, 0.6) is 0 Å². The van der Waals surface area contributed by atoms with Crippen LogP contribution < -0.4 is 0 Å². The van der Waals surface area contributed by atoms with Gasteiger partial charge in [-0.15, -0.1) is 0 Å². The summed E-state index contributed by atoms with van der Waals surface area (Å²) in [6, 6.07) is 17.4. The van der Waals surface area contributed by atoms with E-state index in [0.29, 0.717) is 0 Å². The largest absolute Gasteiger partial charge is 0.265 e. The first kappa shape index (κ1) is 95.8. The van der Waals surface area contributed by atoms with Gasteiger partial charge in [0.2, 0.25) is 0 Å². The van der Waals surface area contributed by atoms with E-state index in [1.807, 2.05) is 262 Å². The molecular weight excluding hydrogens is 823 g/mol. The molecule has 392 valence electrons. The summed E-state index contributed by atoms with van der Waals surface area (Å²) in [5.41, 5.74) is 5.65. The second-order valence-electron chi connectivity index (χ2n) is 8.59. The van der Waals surface area contributed by atoms with E-state index in [-0.39, 0.29) is 7.43 Å². The molecule has 0 spiro atoms. The van der Waals surface area contributed by atoms with Crippen LogP contribution in [0, 0.1) is 41.5 Å². The van der Waals surface area contributed by atoms with Gasteiger partial charge in [-0.05, 0) is 101 Å². The third-order valence-corrected chi connectivity index (χ3v) is 4.58. The molecule has 0 saturated carbocycles. The van der Waals surface area contributed by atoms with Crippen molar-refractivity contribution in [3.63, 3.8) is 0 Å². The van der Waals surface area contributed by atoms with E-state index in [9.17, 15) is 0 Å². The fraction of sp³-hybridized carbons (Fsp3) is 0.534. The first-order chi connectivity index (χ1) is 32.4. The van der Waals surface area contributed by atoms with Gasteiger partial charge in [0, 0.05) is 73.4 Å². The maximum absolute atomic E-state index is 3.98. The molecule has 6 aromatic rings. The van der Waals surface area contributed by atoms with Crippen molar-refractivity contribution in [3.05, 3.63) is 163 Å². The lowest BCUT2D eigenvalue weighted by Gasteiger charge is -1.82. The Bertz CT molecular complexity index is 1110. The maximum Gasteiger partial charge on any atom is 0.125 e. The van der Waals surface area contributed by atoms with Crippen LogP contribution in [0.1, 0.15) is 207 Å². The molecule has 0 aliphatic rings. The van der Waals surface area contributed by atoms with Crippen molar-refractivity contribution in [2.75, 3.05) is 0 Å². The normalized spacial score (nSPS) is 6.54. The van der Waals surface area contributed by atoms with Crippen LogP contribution in [-0.2, 0) is 0 Å². The molecule has 6 heterocycles. The van der Waals surface area contributed by atoms with Gasteiger partial charge in [-0.2, -0.15) is 0 Å². The summed E-state index contributed by atoms with van der Waals surface area (Å²) in [5.74, 6) is 0.822. The van der Waals surface area contributed by atoms with E-state index in [2.05, 4.69) is 44.9 Å². The molecule has 67 heavy (non-hydrogen) atoms. The van der Waals surface area contributed by atoms with E-state index >= 15 is 0 Å². The number of aryl methyl sites for hydroxylation is 6. The van der Waals surface area contributed by atoms with Gasteiger partial charge in [-0.25, -0.2) is 29.9 Å². The molecule has 9 heteroatoms. The zero-order valence-corrected chi connectivity index (χ0v) is 49.1. The number of pyridine rings is 3. The van der Waals surface area contributed by atoms with Crippen LogP contribution in [0.4, 0.5) is 0 Å². The summed E-state index contributed by atoms with van der Waals surface area (Å²) in [6.07, 6.45) is 20.7. The Kier molecular flexibility index (Phi) is 170. The number of nitrogens with zero attached hydrogens (tertiary/aromatic N) is 9. The first-order valence-corrected chi connectivity index (χ1v) is 25.2. The minimum atomic E-state index is 0. The number of hydrogen-bond donors (Lipinski definition) is 0. The highest BCUT2D eigenvalue weighted by Crippen LogP contribution is 1.90. The summed E-state index contributed by atoms with van der Waals surface area (Å²) in [4.78, 5) is 34.6. The van der Waals surface area contributed by atoms with Crippen molar-refractivity contribution < 1.29 is 0 Å². The highest BCUT2D eigenvalue weighted by atomic mass is 14.8. The molecule has 0 bridgehead atoms. The molecule has 0 amide bonds. The Labute approximate surface area is 421 Å². The Hall–Kier alpha value is -5.31. The van der Waals surface area contributed by atoms with Crippen LogP contribution in [0.2, 0.25) is 0 Å². The third-order valence-electron chi connectivity index (χ3n) is 4.58. The van der Waals surface area contributed by atoms with E-state index in [1.165, 1.54) is 23.8 Å². The summed E-state index contributed by atoms with van der Waals surface area (Å²) < 4.78 is 0. The molecule has 6 aromatic heterocycles. The number of hydrogen-bond acceptors (Lipinski definition) is 9. The van der Waals surface area contributed by atoms with E-state index < -0.39 is 0 Å². The van der Waals surface area contributed by atoms with Crippen LogP contribution >= 0.6 is 0 Å². The monoisotopic (exact) mass is 938 g/mol. The second kappa shape index (κ2) is 119.